The Morgan fingerprint density at radius 1 is 1.67 bits per heavy atom. The Labute approximate surface area is 95.5 Å². The standard InChI is InChI=1S/C9H11BrN4O/c1-14-7(9(10)12-13-14)8(15)5-2-3-6(11)4-5/h2-3,5-6H,4,11H2,1H3. The summed E-state index contributed by atoms with van der Waals surface area (Å²) in [5.41, 5.74) is 6.20. The molecule has 0 spiro atoms. The number of nitrogens with zero attached hydrogens (tertiary/aromatic N) is 3. The molecule has 15 heavy (non-hydrogen) atoms. The van der Waals surface area contributed by atoms with Crippen molar-refractivity contribution in [3.8, 4) is 0 Å². The highest BCUT2D eigenvalue weighted by Crippen LogP contribution is 2.23. The number of ketones is 1. The molecule has 1 aromatic rings. The fraction of sp³-hybridized carbons (Fsp3) is 0.444. The van der Waals surface area contributed by atoms with Crippen molar-refractivity contribution >= 4 is 21.7 Å². The average Bonchev–Trinajstić information content (AvgIpc) is 2.73. The summed E-state index contributed by atoms with van der Waals surface area (Å²) < 4.78 is 1.97. The Hall–Kier alpha value is -1.01. The Morgan fingerprint density at radius 2 is 2.40 bits per heavy atom. The number of aromatic nitrogens is 3. The number of hydrogen-bond acceptors (Lipinski definition) is 4. The van der Waals surface area contributed by atoms with Gasteiger partial charge in [0.25, 0.3) is 0 Å². The van der Waals surface area contributed by atoms with Gasteiger partial charge < -0.3 is 5.73 Å². The van der Waals surface area contributed by atoms with Crippen LogP contribution in [-0.4, -0.2) is 26.8 Å². The lowest BCUT2D eigenvalue weighted by Gasteiger charge is -2.07. The van der Waals surface area contributed by atoms with Crippen LogP contribution in [0.3, 0.4) is 0 Å². The molecule has 2 atom stereocenters. The van der Waals surface area contributed by atoms with Crippen LogP contribution in [0.15, 0.2) is 16.8 Å². The Kier molecular flexibility index (Phi) is 2.70. The van der Waals surface area contributed by atoms with Crippen LogP contribution in [-0.2, 0) is 7.05 Å². The number of aryl methyl sites for hydroxylation is 1. The highest BCUT2D eigenvalue weighted by atomic mass is 79.9. The number of halogens is 1. The molecule has 80 valence electrons. The van der Waals surface area contributed by atoms with Crippen LogP contribution in [0.1, 0.15) is 16.9 Å². The SMILES string of the molecule is Cn1nnc(Br)c1C(=O)C1C=CC(N)C1. The highest BCUT2D eigenvalue weighted by Gasteiger charge is 2.28. The molecule has 0 bridgehead atoms. The zero-order valence-electron chi connectivity index (χ0n) is 8.22. The van der Waals surface area contributed by atoms with Crippen LogP contribution in [0, 0.1) is 5.92 Å². The zero-order valence-corrected chi connectivity index (χ0v) is 9.81. The lowest BCUT2D eigenvalue weighted by Crippen LogP contribution is -2.21. The molecule has 2 unspecified atom stereocenters. The normalized spacial score (nSPS) is 24.7. The summed E-state index contributed by atoms with van der Waals surface area (Å²) in [4.78, 5) is 12.1. The van der Waals surface area contributed by atoms with Crippen molar-refractivity contribution < 1.29 is 4.79 Å². The maximum atomic E-state index is 12.1. The number of carbonyl (C=O) groups excluding carboxylic acids is 1. The lowest BCUT2D eigenvalue weighted by atomic mass is 10.0. The number of allylic oxidation sites excluding steroid dienone is 1. The summed E-state index contributed by atoms with van der Waals surface area (Å²) in [6.07, 6.45) is 4.38. The fourth-order valence-corrected chi connectivity index (χ4v) is 2.21. The minimum atomic E-state index is -0.145. The van der Waals surface area contributed by atoms with Crippen LogP contribution in [0.25, 0.3) is 0 Å². The van der Waals surface area contributed by atoms with Gasteiger partial charge in [0.15, 0.2) is 10.4 Å². The molecule has 1 heterocycles. The quantitative estimate of drug-likeness (QED) is 0.633. The predicted octanol–water partition coefficient (Wildman–Crippen LogP) is 0.664. The molecular weight excluding hydrogens is 260 g/mol. The first-order chi connectivity index (χ1) is 7.09. The smallest absolute Gasteiger partial charge is 0.190 e. The van der Waals surface area contributed by atoms with Crippen molar-refractivity contribution in [1.29, 1.82) is 0 Å². The van der Waals surface area contributed by atoms with Gasteiger partial charge in [0.05, 0.1) is 0 Å². The highest BCUT2D eigenvalue weighted by molar-refractivity contribution is 9.10. The Morgan fingerprint density at radius 3 is 2.87 bits per heavy atom. The van der Waals surface area contributed by atoms with Gasteiger partial charge in [-0.1, -0.05) is 17.4 Å². The second kappa shape index (κ2) is 3.86. The van der Waals surface area contributed by atoms with E-state index in [9.17, 15) is 4.79 Å². The Balaban J connectivity index is 2.26. The van der Waals surface area contributed by atoms with Gasteiger partial charge in [0, 0.05) is 19.0 Å². The molecule has 2 N–H and O–H groups in total. The second-order valence-corrected chi connectivity index (χ2v) is 4.36. The molecule has 1 aromatic heterocycles. The number of Topliss-reactive ketones (excluding diaryl/α,β-unsaturated/α-hetero) is 1. The minimum absolute atomic E-state index is 0.0126. The summed E-state index contributed by atoms with van der Waals surface area (Å²) in [7, 11) is 1.70. The predicted molar refractivity (Wildman–Crippen MR) is 58.3 cm³/mol. The molecule has 5 nitrogen and oxygen atoms in total. The van der Waals surface area contributed by atoms with Gasteiger partial charge in [-0.15, -0.1) is 5.10 Å². The van der Waals surface area contributed by atoms with E-state index in [1.54, 1.807) is 7.05 Å². The number of rotatable bonds is 2. The number of carbonyl (C=O) groups is 1. The van der Waals surface area contributed by atoms with Crippen LogP contribution < -0.4 is 5.73 Å². The largest absolute Gasteiger partial charge is 0.324 e. The van der Waals surface area contributed by atoms with E-state index in [1.165, 1.54) is 4.68 Å². The van der Waals surface area contributed by atoms with E-state index in [4.69, 9.17) is 5.73 Å². The fourth-order valence-electron chi connectivity index (χ4n) is 1.69. The van der Waals surface area contributed by atoms with Crippen LogP contribution >= 0.6 is 15.9 Å². The number of hydrogen-bond donors (Lipinski definition) is 1. The number of nitrogens with two attached hydrogens (primary N) is 1. The van der Waals surface area contributed by atoms with Gasteiger partial charge in [-0.05, 0) is 22.4 Å². The van der Waals surface area contributed by atoms with Gasteiger partial charge >= 0.3 is 0 Å². The molecule has 0 aliphatic heterocycles. The van der Waals surface area contributed by atoms with Crippen molar-refractivity contribution in [3.05, 3.63) is 22.4 Å². The third-order valence-corrected chi connectivity index (χ3v) is 3.01. The molecule has 0 saturated carbocycles. The van der Waals surface area contributed by atoms with Crippen molar-refractivity contribution in [3.63, 3.8) is 0 Å². The topological polar surface area (TPSA) is 73.8 Å². The van der Waals surface area contributed by atoms with Crippen molar-refractivity contribution in [2.45, 2.75) is 12.5 Å². The molecule has 0 aromatic carbocycles. The minimum Gasteiger partial charge on any atom is -0.324 e. The van der Waals surface area contributed by atoms with E-state index in [0.717, 1.165) is 0 Å². The molecule has 0 saturated heterocycles. The first-order valence-corrected chi connectivity index (χ1v) is 5.42. The van der Waals surface area contributed by atoms with Gasteiger partial charge in [-0.3, -0.25) is 4.79 Å². The molecule has 6 heteroatoms. The van der Waals surface area contributed by atoms with Crippen LogP contribution in [0.5, 0.6) is 0 Å². The first kappa shape index (κ1) is 10.5. The monoisotopic (exact) mass is 270 g/mol. The molecular formula is C9H11BrN4O. The van der Waals surface area contributed by atoms with Gasteiger partial charge in [0.2, 0.25) is 0 Å². The van der Waals surface area contributed by atoms with E-state index in [0.29, 0.717) is 16.7 Å². The molecule has 0 radical (unpaired) electrons. The molecule has 0 amide bonds. The van der Waals surface area contributed by atoms with Crippen LogP contribution in [0.2, 0.25) is 0 Å². The van der Waals surface area contributed by atoms with Gasteiger partial charge in [-0.25, -0.2) is 4.68 Å². The van der Waals surface area contributed by atoms with E-state index < -0.39 is 0 Å². The summed E-state index contributed by atoms with van der Waals surface area (Å²) in [5, 5.41) is 7.55. The summed E-state index contributed by atoms with van der Waals surface area (Å²) in [5.74, 6) is -0.132. The van der Waals surface area contributed by atoms with E-state index in [1.807, 2.05) is 12.2 Å². The van der Waals surface area contributed by atoms with Crippen molar-refractivity contribution in [2.24, 2.45) is 18.7 Å². The van der Waals surface area contributed by atoms with Crippen LogP contribution in [0.4, 0.5) is 0 Å². The maximum Gasteiger partial charge on any atom is 0.190 e. The molecule has 1 aliphatic rings. The zero-order chi connectivity index (χ0) is 11.0. The summed E-state index contributed by atoms with van der Waals surface area (Å²) in [6.45, 7) is 0. The van der Waals surface area contributed by atoms with E-state index >= 15 is 0 Å². The molecule has 2 rings (SSSR count). The van der Waals surface area contributed by atoms with Crippen molar-refractivity contribution in [1.82, 2.24) is 15.0 Å². The maximum absolute atomic E-state index is 12.1. The first-order valence-electron chi connectivity index (χ1n) is 4.63. The van der Waals surface area contributed by atoms with E-state index in [2.05, 4.69) is 26.2 Å². The van der Waals surface area contributed by atoms with Gasteiger partial charge in [0.1, 0.15) is 5.69 Å². The average molecular weight is 271 g/mol. The van der Waals surface area contributed by atoms with Gasteiger partial charge in [-0.2, -0.15) is 0 Å². The summed E-state index contributed by atoms with van der Waals surface area (Å²) in [6, 6.07) is -0.0149. The second-order valence-electron chi connectivity index (χ2n) is 3.61. The lowest BCUT2D eigenvalue weighted by molar-refractivity contribution is 0.0932. The summed E-state index contributed by atoms with van der Waals surface area (Å²) >= 11 is 3.21. The molecule has 1 aliphatic carbocycles. The Bertz CT molecular complexity index is 406. The third kappa shape index (κ3) is 1.87. The van der Waals surface area contributed by atoms with Crippen molar-refractivity contribution in [2.75, 3.05) is 0 Å². The van der Waals surface area contributed by atoms with E-state index in [-0.39, 0.29) is 17.7 Å². The third-order valence-electron chi connectivity index (χ3n) is 2.47. The molecule has 0 fully saturated rings.